The molecule has 2 unspecified atom stereocenters. The van der Waals surface area contributed by atoms with E-state index < -0.39 is 50.8 Å². The summed E-state index contributed by atoms with van der Waals surface area (Å²) in [6, 6.07) is 2.91. The SMILES string of the molecule is CC1CN(c2ncc(C(F)(F)F)cc2C(=O)Nc2ccnc(S(C)(=O)=O)c2)CC(C)C1(F)F. The largest absolute Gasteiger partial charge is 0.417 e. The van der Waals surface area contributed by atoms with Crippen molar-refractivity contribution in [1.82, 2.24) is 9.97 Å². The lowest BCUT2D eigenvalue weighted by atomic mass is 9.87. The van der Waals surface area contributed by atoms with Crippen molar-refractivity contribution < 1.29 is 35.2 Å². The van der Waals surface area contributed by atoms with Gasteiger partial charge in [0.05, 0.1) is 11.1 Å². The van der Waals surface area contributed by atoms with Crippen LogP contribution in [0.25, 0.3) is 0 Å². The highest BCUT2D eigenvalue weighted by Crippen LogP contribution is 2.40. The van der Waals surface area contributed by atoms with E-state index in [0.717, 1.165) is 18.5 Å². The fourth-order valence-corrected chi connectivity index (χ4v) is 4.15. The molecule has 1 saturated heterocycles. The summed E-state index contributed by atoms with van der Waals surface area (Å²) in [5.41, 5.74) is -1.69. The number of alkyl halides is 5. The summed E-state index contributed by atoms with van der Waals surface area (Å²) in [6.45, 7) is 2.19. The van der Waals surface area contributed by atoms with Crippen LogP contribution in [0.5, 0.6) is 0 Å². The third kappa shape index (κ3) is 5.23. The second kappa shape index (κ2) is 8.50. The van der Waals surface area contributed by atoms with Gasteiger partial charge in [-0.15, -0.1) is 0 Å². The van der Waals surface area contributed by atoms with E-state index >= 15 is 0 Å². The van der Waals surface area contributed by atoms with Gasteiger partial charge in [0.25, 0.3) is 11.8 Å². The summed E-state index contributed by atoms with van der Waals surface area (Å²) in [6.07, 6.45) is -2.23. The van der Waals surface area contributed by atoms with Gasteiger partial charge in [0.1, 0.15) is 5.82 Å². The van der Waals surface area contributed by atoms with Crippen LogP contribution in [0.4, 0.5) is 33.5 Å². The van der Waals surface area contributed by atoms with Crippen molar-refractivity contribution in [1.29, 1.82) is 0 Å². The number of amides is 1. The average Bonchev–Trinajstić information content (AvgIpc) is 2.70. The number of halogens is 5. The van der Waals surface area contributed by atoms with Crippen molar-refractivity contribution in [3.8, 4) is 0 Å². The highest BCUT2D eigenvalue weighted by molar-refractivity contribution is 7.90. The van der Waals surface area contributed by atoms with Gasteiger partial charge in [0.15, 0.2) is 14.9 Å². The number of nitrogens with zero attached hydrogens (tertiary/aromatic N) is 3. The van der Waals surface area contributed by atoms with Gasteiger partial charge in [-0.1, -0.05) is 13.8 Å². The van der Waals surface area contributed by atoms with Gasteiger partial charge in [-0.25, -0.2) is 27.2 Å². The van der Waals surface area contributed by atoms with E-state index in [-0.39, 0.29) is 29.6 Å². The second-order valence-corrected chi connectivity index (χ2v) is 10.0. The Hall–Kier alpha value is -2.83. The number of pyridine rings is 2. The normalized spacial score (nSPS) is 21.0. The highest BCUT2D eigenvalue weighted by atomic mass is 32.2. The van der Waals surface area contributed by atoms with E-state index in [1.807, 2.05) is 0 Å². The molecule has 0 aliphatic carbocycles. The summed E-state index contributed by atoms with van der Waals surface area (Å²) in [5.74, 6) is -6.42. The fourth-order valence-electron chi connectivity index (χ4n) is 3.56. The minimum Gasteiger partial charge on any atom is -0.355 e. The first-order valence-electron chi connectivity index (χ1n) is 9.78. The summed E-state index contributed by atoms with van der Waals surface area (Å²) < 4.78 is 91.7. The Morgan fingerprint density at radius 1 is 1.15 bits per heavy atom. The van der Waals surface area contributed by atoms with Crippen LogP contribution in [0.2, 0.25) is 0 Å². The number of aromatic nitrogens is 2. The number of hydrogen-bond donors (Lipinski definition) is 1. The van der Waals surface area contributed by atoms with Gasteiger partial charge < -0.3 is 10.2 Å². The molecule has 3 rings (SSSR count). The van der Waals surface area contributed by atoms with E-state index in [2.05, 4.69) is 15.3 Å². The van der Waals surface area contributed by atoms with E-state index in [9.17, 15) is 35.2 Å². The molecule has 0 spiro atoms. The van der Waals surface area contributed by atoms with Crippen molar-refractivity contribution in [3.05, 3.63) is 41.7 Å². The van der Waals surface area contributed by atoms with Crippen molar-refractivity contribution >= 4 is 27.2 Å². The molecule has 2 aromatic rings. The van der Waals surface area contributed by atoms with Crippen LogP contribution < -0.4 is 10.2 Å². The first-order valence-corrected chi connectivity index (χ1v) is 11.7. The minimum atomic E-state index is -4.80. The standard InChI is InChI=1S/C20H21F5N4O3S/c1-11-9-29(10-12(2)19(11,21)22)17-15(6-13(8-27-17)20(23,24)25)18(30)28-14-4-5-26-16(7-14)33(3,31)32/h4-8,11-12H,9-10H2,1-3H3,(H,26,28,30). The topological polar surface area (TPSA) is 92.3 Å². The Kier molecular flexibility index (Phi) is 6.39. The average molecular weight is 492 g/mol. The number of carbonyl (C=O) groups is 1. The molecule has 3 heterocycles. The number of sulfone groups is 1. The van der Waals surface area contributed by atoms with Crippen molar-refractivity contribution in [3.63, 3.8) is 0 Å². The van der Waals surface area contributed by atoms with Crippen LogP contribution in [-0.4, -0.2) is 49.6 Å². The Morgan fingerprint density at radius 3 is 2.30 bits per heavy atom. The Morgan fingerprint density at radius 2 is 1.76 bits per heavy atom. The molecule has 7 nitrogen and oxygen atoms in total. The van der Waals surface area contributed by atoms with Crippen molar-refractivity contribution in [2.45, 2.75) is 31.0 Å². The smallest absolute Gasteiger partial charge is 0.355 e. The monoisotopic (exact) mass is 492 g/mol. The van der Waals surface area contributed by atoms with Gasteiger partial charge in [0.2, 0.25) is 0 Å². The fraction of sp³-hybridized carbons (Fsp3) is 0.450. The molecule has 1 aliphatic rings. The Labute approximate surface area is 186 Å². The lowest BCUT2D eigenvalue weighted by molar-refractivity contribution is -0.137. The molecule has 1 N–H and O–H groups in total. The van der Waals surface area contributed by atoms with Gasteiger partial charge in [-0.2, -0.15) is 13.2 Å². The van der Waals surface area contributed by atoms with Crippen LogP contribution in [0.3, 0.4) is 0 Å². The second-order valence-electron chi connectivity index (χ2n) is 8.08. The quantitative estimate of drug-likeness (QED) is 0.652. The maximum atomic E-state index is 14.3. The van der Waals surface area contributed by atoms with Gasteiger partial charge in [0, 0.05) is 49.3 Å². The third-order valence-corrected chi connectivity index (χ3v) is 6.40. The predicted octanol–water partition coefficient (Wildman–Crippen LogP) is 3.88. The maximum absolute atomic E-state index is 14.3. The van der Waals surface area contributed by atoms with Crippen LogP contribution in [-0.2, 0) is 16.0 Å². The van der Waals surface area contributed by atoms with Crippen LogP contribution in [0.15, 0.2) is 35.6 Å². The molecule has 2 atom stereocenters. The van der Waals surface area contributed by atoms with Crippen molar-refractivity contribution in [2.75, 3.05) is 29.6 Å². The first-order chi connectivity index (χ1) is 15.1. The summed E-state index contributed by atoms with van der Waals surface area (Å²) in [7, 11) is -3.70. The molecular weight excluding hydrogens is 471 g/mol. The van der Waals surface area contributed by atoms with Crippen LogP contribution >= 0.6 is 0 Å². The summed E-state index contributed by atoms with van der Waals surface area (Å²) in [5, 5.41) is 2.00. The van der Waals surface area contributed by atoms with E-state index in [4.69, 9.17) is 0 Å². The van der Waals surface area contributed by atoms with Gasteiger partial charge in [-0.05, 0) is 18.2 Å². The molecule has 0 aromatic carbocycles. The molecule has 180 valence electrons. The van der Waals surface area contributed by atoms with Gasteiger partial charge in [-0.3, -0.25) is 4.79 Å². The number of anilines is 2. The molecule has 1 amide bonds. The molecule has 33 heavy (non-hydrogen) atoms. The Bertz CT molecular complexity index is 1160. The number of piperidine rings is 1. The number of rotatable bonds is 4. The predicted molar refractivity (Wildman–Crippen MR) is 110 cm³/mol. The molecule has 0 saturated carbocycles. The molecule has 0 bridgehead atoms. The Balaban J connectivity index is 2.01. The third-order valence-electron chi connectivity index (χ3n) is 5.41. The molecular formula is C20H21F5N4O3S. The van der Waals surface area contributed by atoms with E-state index in [1.54, 1.807) is 0 Å². The zero-order valence-electron chi connectivity index (χ0n) is 17.8. The number of hydrogen-bond acceptors (Lipinski definition) is 6. The lowest BCUT2D eigenvalue weighted by Crippen LogP contribution is -2.52. The molecule has 0 radical (unpaired) electrons. The number of nitrogens with one attached hydrogen (secondary N) is 1. The summed E-state index contributed by atoms with van der Waals surface area (Å²) in [4.78, 5) is 21.8. The molecule has 1 fully saturated rings. The zero-order valence-corrected chi connectivity index (χ0v) is 18.6. The van der Waals surface area contributed by atoms with Gasteiger partial charge >= 0.3 is 6.18 Å². The molecule has 1 aliphatic heterocycles. The van der Waals surface area contributed by atoms with E-state index in [1.165, 1.54) is 24.8 Å². The van der Waals surface area contributed by atoms with Crippen LogP contribution in [0.1, 0.15) is 29.8 Å². The summed E-state index contributed by atoms with van der Waals surface area (Å²) >= 11 is 0. The lowest BCUT2D eigenvalue weighted by Gasteiger charge is -2.42. The zero-order chi connectivity index (χ0) is 24.8. The molecule has 2 aromatic heterocycles. The first kappa shape index (κ1) is 24.8. The van der Waals surface area contributed by atoms with Crippen LogP contribution in [0, 0.1) is 11.8 Å². The maximum Gasteiger partial charge on any atom is 0.417 e. The highest BCUT2D eigenvalue weighted by Gasteiger charge is 2.48. The molecule has 13 heteroatoms. The van der Waals surface area contributed by atoms with Crippen molar-refractivity contribution in [2.24, 2.45) is 11.8 Å². The number of carbonyl (C=O) groups excluding carboxylic acids is 1. The van der Waals surface area contributed by atoms with E-state index in [0.29, 0.717) is 12.3 Å². The minimum absolute atomic E-state index is 0.0225.